The molecular weight excluding hydrogens is 232 g/mol. The Kier molecular flexibility index (Phi) is 2.81. The van der Waals surface area contributed by atoms with Gasteiger partial charge in [0.15, 0.2) is 0 Å². The number of imidazole rings is 1. The van der Waals surface area contributed by atoms with Crippen molar-refractivity contribution in [3.8, 4) is 11.4 Å². The molecular formula is C17H21N2+. The standard InChI is InChI=1S/C17H20N2/c1-4-17(5-2)12-13(3)14-8-6-7-9-15(14)16-18-10-11-19(16)17/h6-12H,4-5H2,1-3H3/p+1. The SMILES string of the molecule is CCC1(CC)C=C(C)c2ccccc2-c2[nH]cc[n+]21. The molecule has 3 rings (SSSR count). The minimum Gasteiger partial charge on any atom is -0.243 e. The van der Waals surface area contributed by atoms with Gasteiger partial charge >= 0.3 is 0 Å². The highest BCUT2D eigenvalue weighted by Gasteiger charge is 2.37. The maximum Gasteiger partial charge on any atom is 0.287 e. The monoisotopic (exact) mass is 253 g/mol. The van der Waals surface area contributed by atoms with E-state index in [4.69, 9.17) is 0 Å². The molecule has 0 fully saturated rings. The van der Waals surface area contributed by atoms with Gasteiger partial charge in [-0.25, -0.2) is 9.55 Å². The molecule has 0 radical (unpaired) electrons. The third-order valence-corrected chi connectivity index (χ3v) is 4.48. The van der Waals surface area contributed by atoms with Gasteiger partial charge in [-0.2, -0.15) is 0 Å². The highest BCUT2D eigenvalue weighted by molar-refractivity contribution is 5.78. The highest BCUT2D eigenvalue weighted by Crippen LogP contribution is 2.35. The summed E-state index contributed by atoms with van der Waals surface area (Å²) in [6, 6.07) is 8.65. The van der Waals surface area contributed by atoms with Crippen LogP contribution in [0.4, 0.5) is 0 Å². The molecule has 0 saturated carbocycles. The molecule has 0 saturated heterocycles. The smallest absolute Gasteiger partial charge is 0.243 e. The highest BCUT2D eigenvalue weighted by atomic mass is 15.1. The Bertz CT molecular complexity index is 630. The van der Waals surface area contributed by atoms with E-state index in [1.54, 1.807) is 0 Å². The van der Waals surface area contributed by atoms with Crippen LogP contribution in [0.15, 0.2) is 42.7 Å². The summed E-state index contributed by atoms with van der Waals surface area (Å²) in [6.07, 6.45) is 8.86. The number of fused-ring (bicyclic) bond motifs is 3. The zero-order valence-corrected chi connectivity index (χ0v) is 11.9. The predicted octanol–water partition coefficient (Wildman–Crippen LogP) is 3.90. The van der Waals surface area contributed by atoms with Crippen molar-refractivity contribution in [2.75, 3.05) is 0 Å². The van der Waals surface area contributed by atoms with Gasteiger partial charge in [-0.1, -0.05) is 32.0 Å². The van der Waals surface area contributed by atoms with Crippen LogP contribution in [0.5, 0.6) is 0 Å². The molecule has 2 heteroatoms. The molecule has 0 spiro atoms. The molecule has 2 heterocycles. The van der Waals surface area contributed by atoms with E-state index >= 15 is 0 Å². The van der Waals surface area contributed by atoms with Crippen LogP contribution in [0.1, 0.15) is 39.2 Å². The first kappa shape index (κ1) is 12.2. The van der Waals surface area contributed by atoms with Crippen LogP contribution < -0.4 is 4.57 Å². The maximum absolute atomic E-state index is 3.43. The quantitative estimate of drug-likeness (QED) is 0.783. The normalized spacial score (nSPS) is 16.3. The fraction of sp³-hybridized carbons (Fsp3) is 0.353. The van der Waals surface area contributed by atoms with Crippen LogP contribution in [0.3, 0.4) is 0 Å². The second-order valence-electron chi connectivity index (χ2n) is 5.36. The van der Waals surface area contributed by atoms with Crippen LogP contribution in [-0.4, -0.2) is 4.98 Å². The summed E-state index contributed by atoms with van der Waals surface area (Å²) < 4.78 is 2.41. The van der Waals surface area contributed by atoms with Gasteiger partial charge in [0.1, 0.15) is 17.9 Å². The first-order valence-electron chi connectivity index (χ1n) is 7.10. The van der Waals surface area contributed by atoms with E-state index in [9.17, 15) is 0 Å². The van der Waals surface area contributed by atoms with Crippen molar-refractivity contribution in [2.45, 2.75) is 39.2 Å². The number of H-pyrrole nitrogens is 1. The molecule has 0 amide bonds. The van der Waals surface area contributed by atoms with Crippen molar-refractivity contribution < 1.29 is 4.57 Å². The van der Waals surface area contributed by atoms with E-state index in [0.717, 1.165) is 12.8 Å². The lowest BCUT2D eigenvalue weighted by molar-refractivity contribution is -0.742. The topological polar surface area (TPSA) is 19.7 Å². The van der Waals surface area contributed by atoms with Gasteiger partial charge in [-0.15, -0.1) is 0 Å². The third-order valence-electron chi connectivity index (χ3n) is 4.48. The lowest BCUT2D eigenvalue weighted by Crippen LogP contribution is -2.54. The Morgan fingerprint density at radius 1 is 1.11 bits per heavy atom. The number of allylic oxidation sites excluding steroid dienone is 2. The number of benzene rings is 1. The number of aromatic nitrogens is 2. The molecule has 1 aliphatic heterocycles. The Morgan fingerprint density at radius 3 is 2.47 bits per heavy atom. The fourth-order valence-corrected chi connectivity index (χ4v) is 3.29. The minimum absolute atomic E-state index is 0.0818. The zero-order chi connectivity index (χ0) is 13.5. The van der Waals surface area contributed by atoms with E-state index < -0.39 is 0 Å². The number of nitrogens with one attached hydrogen (secondary N) is 1. The molecule has 2 nitrogen and oxygen atoms in total. The van der Waals surface area contributed by atoms with Crippen LogP contribution >= 0.6 is 0 Å². The Hall–Kier alpha value is -1.83. The lowest BCUT2D eigenvalue weighted by atomic mass is 9.89. The van der Waals surface area contributed by atoms with Crippen LogP contribution in [-0.2, 0) is 5.54 Å². The molecule has 2 aromatic rings. The fourth-order valence-electron chi connectivity index (χ4n) is 3.29. The zero-order valence-electron chi connectivity index (χ0n) is 11.9. The summed E-state index contributed by atoms with van der Waals surface area (Å²) in [5.74, 6) is 1.22. The molecule has 0 atom stereocenters. The number of hydrogen-bond acceptors (Lipinski definition) is 0. The number of nitrogens with zero attached hydrogens (tertiary/aromatic N) is 1. The second-order valence-corrected chi connectivity index (χ2v) is 5.36. The van der Waals surface area contributed by atoms with Crippen molar-refractivity contribution in [2.24, 2.45) is 0 Å². The van der Waals surface area contributed by atoms with Gasteiger partial charge in [0.25, 0.3) is 5.82 Å². The van der Waals surface area contributed by atoms with Crippen molar-refractivity contribution in [3.63, 3.8) is 0 Å². The minimum atomic E-state index is 0.0818. The molecule has 0 unspecified atom stereocenters. The van der Waals surface area contributed by atoms with Gasteiger partial charge in [-0.3, -0.25) is 0 Å². The average Bonchev–Trinajstić information content (AvgIpc) is 2.91. The van der Waals surface area contributed by atoms with E-state index in [0.29, 0.717) is 0 Å². The third kappa shape index (κ3) is 1.66. The molecule has 1 aromatic carbocycles. The summed E-state index contributed by atoms with van der Waals surface area (Å²) in [4.78, 5) is 3.43. The summed E-state index contributed by atoms with van der Waals surface area (Å²) in [5.41, 5.74) is 4.09. The van der Waals surface area contributed by atoms with E-state index in [1.807, 2.05) is 6.20 Å². The first-order chi connectivity index (χ1) is 9.22. The van der Waals surface area contributed by atoms with Gasteiger partial charge in [-0.05, 0) is 43.0 Å². The van der Waals surface area contributed by atoms with Crippen molar-refractivity contribution in [1.29, 1.82) is 0 Å². The average molecular weight is 253 g/mol. The molecule has 1 aromatic heterocycles. The van der Waals surface area contributed by atoms with E-state index in [2.05, 4.69) is 66.9 Å². The first-order valence-corrected chi connectivity index (χ1v) is 7.10. The van der Waals surface area contributed by atoms with Crippen LogP contribution in [0, 0.1) is 0 Å². The molecule has 0 bridgehead atoms. The van der Waals surface area contributed by atoms with Gasteiger partial charge in [0.2, 0.25) is 0 Å². The summed E-state index contributed by atoms with van der Waals surface area (Å²) in [5, 5.41) is 0. The number of rotatable bonds is 2. The van der Waals surface area contributed by atoms with Gasteiger partial charge in [0.05, 0.1) is 5.56 Å². The molecule has 0 aliphatic carbocycles. The van der Waals surface area contributed by atoms with Crippen molar-refractivity contribution >= 4 is 5.57 Å². The molecule has 98 valence electrons. The largest absolute Gasteiger partial charge is 0.287 e. The summed E-state index contributed by atoms with van der Waals surface area (Å²) in [7, 11) is 0. The Morgan fingerprint density at radius 2 is 1.79 bits per heavy atom. The van der Waals surface area contributed by atoms with Gasteiger partial charge in [0, 0.05) is 0 Å². The Labute approximate surface area is 114 Å². The maximum atomic E-state index is 3.43. The molecule has 1 aliphatic rings. The van der Waals surface area contributed by atoms with E-state index in [-0.39, 0.29) is 5.54 Å². The number of aromatic amines is 1. The number of hydrogen-bond donors (Lipinski definition) is 1. The predicted molar refractivity (Wildman–Crippen MR) is 78.6 cm³/mol. The van der Waals surface area contributed by atoms with Crippen molar-refractivity contribution in [1.82, 2.24) is 4.98 Å². The second kappa shape index (κ2) is 4.37. The van der Waals surface area contributed by atoms with Crippen molar-refractivity contribution in [3.05, 3.63) is 48.3 Å². The molecule has 1 N–H and O–H groups in total. The van der Waals surface area contributed by atoms with Crippen LogP contribution in [0.2, 0.25) is 0 Å². The van der Waals surface area contributed by atoms with Gasteiger partial charge < -0.3 is 0 Å². The molecule has 19 heavy (non-hydrogen) atoms. The lowest BCUT2D eigenvalue weighted by Gasteiger charge is -2.25. The Balaban J connectivity index is 2.37. The summed E-state index contributed by atoms with van der Waals surface area (Å²) in [6.45, 7) is 6.77. The summed E-state index contributed by atoms with van der Waals surface area (Å²) >= 11 is 0. The van der Waals surface area contributed by atoms with E-state index in [1.165, 1.54) is 22.5 Å². The van der Waals surface area contributed by atoms with Crippen LogP contribution in [0.25, 0.3) is 17.0 Å².